The van der Waals surface area contributed by atoms with Crippen LogP contribution in [0, 0.1) is 5.92 Å². The van der Waals surface area contributed by atoms with Gasteiger partial charge in [0.2, 0.25) is 0 Å². The Morgan fingerprint density at radius 3 is 2.44 bits per heavy atom. The van der Waals surface area contributed by atoms with E-state index in [2.05, 4.69) is 5.32 Å². The van der Waals surface area contributed by atoms with Gasteiger partial charge in [-0.1, -0.05) is 19.1 Å². The molecule has 0 saturated carbocycles. The number of aliphatic carboxylic acids is 1. The molecule has 0 bridgehead atoms. The zero-order chi connectivity index (χ0) is 17.8. The van der Waals surface area contributed by atoms with Crippen molar-refractivity contribution >= 4 is 17.6 Å². The van der Waals surface area contributed by atoms with Crippen molar-refractivity contribution in [1.82, 2.24) is 0 Å². The fourth-order valence-electron chi connectivity index (χ4n) is 2.55. The van der Waals surface area contributed by atoms with Crippen molar-refractivity contribution in [2.45, 2.75) is 13.3 Å². The van der Waals surface area contributed by atoms with Gasteiger partial charge in [-0.05, 0) is 42.3 Å². The first-order valence-electron chi connectivity index (χ1n) is 8.05. The molecule has 1 atom stereocenters. The molecule has 1 heterocycles. The molecule has 0 fully saturated rings. The van der Waals surface area contributed by atoms with Gasteiger partial charge in [0.25, 0.3) is 5.91 Å². The van der Waals surface area contributed by atoms with E-state index < -0.39 is 11.9 Å². The van der Waals surface area contributed by atoms with Crippen LogP contribution in [0.4, 0.5) is 5.69 Å². The molecule has 2 aromatic rings. The first-order chi connectivity index (χ1) is 12.0. The van der Waals surface area contributed by atoms with Gasteiger partial charge in [0, 0.05) is 11.3 Å². The lowest BCUT2D eigenvalue weighted by Crippen LogP contribution is -2.17. The Morgan fingerprint density at radius 1 is 1.08 bits per heavy atom. The molecule has 1 aliphatic rings. The highest BCUT2D eigenvalue weighted by atomic mass is 16.6. The van der Waals surface area contributed by atoms with Crippen LogP contribution in [0.1, 0.15) is 22.8 Å². The minimum Gasteiger partial charge on any atom is -0.486 e. The monoisotopic (exact) mass is 341 g/mol. The standard InChI is InChI=1S/C19H19NO5/c1-12(19(22)23)10-13-2-5-15(6-3-13)20-18(21)14-4-7-16-17(11-14)25-9-8-24-16/h2-7,11-12H,8-10H2,1H3,(H,20,21)(H,22,23). The normalized spacial score (nSPS) is 13.8. The number of amides is 1. The van der Waals surface area contributed by atoms with E-state index in [1.807, 2.05) is 12.1 Å². The second kappa shape index (κ2) is 7.25. The minimum atomic E-state index is -0.823. The molecular formula is C19H19NO5. The number of ether oxygens (including phenoxy) is 2. The number of nitrogens with one attached hydrogen (secondary N) is 1. The highest BCUT2D eigenvalue weighted by Crippen LogP contribution is 2.31. The molecule has 6 heteroatoms. The van der Waals surface area contributed by atoms with Crippen LogP contribution < -0.4 is 14.8 Å². The number of carboxylic acids is 1. The second-order valence-electron chi connectivity index (χ2n) is 5.95. The lowest BCUT2D eigenvalue weighted by Gasteiger charge is -2.18. The number of anilines is 1. The number of carbonyl (C=O) groups excluding carboxylic acids is 1. The van der Waals surface area contributed by atoms with Crippen molar-refractivity contribution in [2.24, 2.45) is 5.92 Å². The topological polar surface area (TPSA) is 84.9 Å². The zero-order valence-corrected chi connectivity index (χ0v) is 13.8. The van der Waals surface area contributed by atoms with Crippen LogP contribution >= 0.6 is 0 Å². The fourth-order valence-corrected chi connectivity index (χ4v) is 2.55. The van der Waals surface area contributed by atoms with Gasteiger partial charge < -0.3 is 19.9 Å². The number of hydrogen-bond acceptors (Lipinski definition) is 4. The predicted molar refractivity (Wildman–Crippen MR) is 92.3 cm³/mol. The SMILES string of the molecule is CC(Cc1ccc(NC(=O)c2ccc3c(c2)OCCO3)cc1)C(=O)O. The molecule has 2 aromatic carbocycles. The average molecular weight is 341 g/mol. The van der Waals surface area contributed by atoms with Gasteiger partial charge in [0.05, 0.1) is 5.92 Å². The Kier molecular flexibility index (Phi) is 4.88. The summed E-state index contributed by atoms with van der Waals surface area (Å²) < 4.78 is 10.9. The lowest BCUT2D eigenvalue weighted by molar-refractivity contribution is -0.141. The summed E-state index contributed by atoms with van der Waals surface area (Å²) in [5, 5.41) is 11.8. The van der Waals surface area contributed by atoms with Gasteiger partial charge in [-0.3, -0.25) is 9.59 Å². The van der Waals surface area contributed by atoms with E-state index in [1.54, 1.807) is 37.3 Å². The molecule has 25 heavy (non-hydrogen) atoms. The van der Waals surface area contributed by atoms with Crippen LogP contribution in [-0.4, -0.2) is 30.2 Å². The van der Waals surface area contributed by atoms with Crippen molar-refractivity contribution < 1.29 is 24.2 Å². The molecule has 3 rings (SSSR count). The summed E-state index contributed by atoms with van der Waals surface area (Å²) in [4.78, 5) is 23.3. The number of benzene rings is 2. The maximum absolute atomic E-state index is 12.4. The highest BCUT2D eigenvalue weighted by molar-refractivity contribution is 6.04. The van der Waals surface area contributed by atoms with Gasteiger partial charge in [-0.25, -0.2) is 0 Å². The molecule has 1 unspecified atom stereocenters. The molecule has 0 spiro atoms. The smallest absolute Gasteiger partial charge is 0.306 e. The molecule has 6 nitrogen and oxygen atoms in total. The first kappa shape index (κ1) is 16.8. The van der Waals surface area contributed by atoms with Gasteiger partial charge >= 0.3 is 5.97 Å². The quantitative estimate of drug-likeness (QED) is 0.873. The fraction of sp³-hybridized carbons (Fsp3) is 0.263. The third-order valence-corrected chi connectivity index (χ3v) is 3.98. The van der Waals surface area contributed by atoms with E-state index in [4.69, 9.17) is 14.6 Å². The number of hydrogen-bond donors (Lipinski definition) is 2. The number of fused-ring (bicyclic) bond motifs is 1. The summed E-state index contributed by atoms with van der Waals surface area (Å²) >= 11 is 0. The Morgan fingerprint density at radius 2 is 1.76 bits per heavy atom. The van der Waals surface area contributed by atoms with Gasteiger partial charge in [-0.2, -0.15) is 0 Å². The molecule has 0 aliphatic carbocycles. The van der Waals surface area contributed by atoms with Crippen LogP contribution in [-0.2, 0) is 11.2 Å². The van der Waals surface area contributed by atoms with Crippen molar-refractivity contribution in [2.75, 3.05) is 18.5 Å². The minimum absolute atomic E-state index is 0.247. The maximum atomic E-state index is 12.4. The van der Waals surface area contributed by atoms with Crippen molar-refractivity contribution in [3.05, 3.63) is 53.6 Å². The van der Waals surface area contributed by atoms with Gasteiger partial charge in [0.15, 0.2) is 11.5 Å². The van der Waals surface area contributed by atoms with E-state index in [1.165, 1.54) is 0 Å². The van der Waals surface area contributed by atoms with E-state index >= 15 is 0 Å². The summed E-state index contributed by atoms with van der Waals surface area (Å²) in [5.41, 5.74) is 2.03. The number of rotatable bonds is 5. The Labute approximate surface area is 145 Å². The molecule has 0 radical (unpaired) electrons. The summed E-state index contributed by atoms with van der Waals surface area (Å²) in [7, 11) is 0. The maximum Gasteiger partial charge on any atom is 0.306 e. The van der Waals surface area contributed by atoms with Crippen LogP contribution in [0.25, 0.3) is 0 Å². The Balaban J connectivity index is 1.65. The zero-order valence-electron chi connectivity index (χ0n) is 13.8. The molecule has 0 aromatic heterocycles. The summed E-state index contributed by atoms with van der Waals surface area (Å²) in [6.07, 6.45) is 0.450. The van der Waals surface area contributed by atoms with Crippen LogP contribution in [0.5, 0.6) is 11.5 Å². The summed E-state index contributed by atoms with van der Waals surface area (Å²) in [5.74, 6) is -0.311. The van der Waals surface area contributed by atoms with E-state index in [-0.39, 0.29) is 5.91 Å². The number of carboxylic acid groups (broad SMARTS) is 1. The third kappa shape index (κ3) is 4.09. The van der Waals surface area contributed by atoms with E-state index in [0.717, 1.165) is 5.56 Å². The van der Waals surface area contributed by atoms with Crippen LogP contribution in [0.3, 0.4) is 0 Å². The van der Waals surface area contributed by atoms with Crippen molar-refractivity contribution in [3.63, 3.8) is 0 Å². The second-order valence-corrected chi connectivity index (χ2v) is 5.95. The van der Waals surface area contributed by atoms with Crippen molar-refractivity contribution in [3.8, 4) is 11.5 Å². The third-order valence-electron chi connectivity index (χ3n) is 3.98. The first-order valence-corrected chi connectivity index (χ1v) is 8.05. The molecule has 1 aliphatic heterocycles. The largest absolute Gasteiger partial charge is 0.486 e. The number of carbonyl (C=O) groups is 2. The lowest BCUT2D eigenvalue weighted by atomic mass is 10.0. The van der Waals surface area contributed by atoms with Crippen molar-refractivity contribution in [1.29, 1.82) is 0 Å². The molecule has 0 saturated heterocycles. The molecular weight excluding hydrogens is 322 g/mol. The average Bonchev–Trinajstić information content (AvgIpc) is 2.62. The van der Waals surface area contributed by atoms with E-state index in [9.17, 15) is 9.59 Å². The molecule has 130 valence electrons. The molecule has 1 amide bonds. The van der Waals surface area contributed by atoms with Gasteiger partial charge in [0.1, 0.15) is 13.2 Å². The Bertz CT molecular complexity index is 785. The summed E-state index contributed by atoms with van der Waals surface area (Å²) in [6, 6.07) is 12.2. The van der Waals surface area contributed by atoms with Crippen LogP contribution in [0.2, 0.25) is 0 Å². The van der Waals surface area contributed by atoms with E-state index in [0.29, 0.717) is 42.4 Å². The van der Waals surface area contributed by atoms with Crippen LogP contribution in [0.15, 0.2) is 42.5 Å². The summed E-state index contributed by atoms with van der Waals surface area (Å²) in [6.45, 7) is 2.64. The predicted octanol–water partition coefficient (Wildman–Crippen LogP) is 2.97. The van der Waals surface area contributed by atoms with Gasteiger partial charge in [-0.15, -0.1) is 0 Å². The Hall–Kier alpha value is -3.02. The molecule has 2 N–H and O–H groups in total. The highest BCUT2D eigenvalue weighted by Gasteiger charge is 2.15.